The number of nitrogens with one attached hydrogen (secondary N) is 1. The number of nitrogens with zero attached hydrogens (tertiary/aromatic N) is 2. The van der Waals surface area contributed by atoms with Crippen molar-refractivity contribution in [1.82, 2.24) is 0 Å². The first kappa shape index (κ1) is 10.6. The van der Waals surface area contributed by atoms with Gasteiger partial charge in [0.2, 0.25) is 0 Å². The summed E-state index contributed by atoms with van der Waals surface area (Å²) in [5.74, 6) is 0. The van der Waals surface area contributed by atoms with Crippen molar-refractivity contribution in [1.29, 1.82) is 0 Å². The number of hydrogen-bond acceptors (Lipinski definition) is 4. The van der Waals surface area contributed by atoms with Crippen LogP contribution in [0.25, 0.3) is 0 Å². The number of rotatable bonds is 3. The van der Waals surface area contributed by atoms with Crippen LogP contribution >= 0.6 is 0 Å². The third kappa shape index (κ3) is 2.51. The maximum Gasteiger partial charge on any atom is 0.296 e. The summed E-state index contributed by atoms with van der Waals surface area (Å²) in [7, 11) is -2.79. The predicted molar refractivity (Wildman–Crippen MR) is 50.7 cm³/mol. The minimum absolute atomic E-state index is 0.181. The van der Waals surface area contributed by atoms with E-state index in [1.807, 2.05) is 0 Å². The molecule has 0 fully saturated rings. The van der Waals surface area contributed by atoms with Gasteiger partial charge in [0.25, 0.3) is 10.1 Å². The summed E-state index contributed by atoms with van der Waals surface area (Å²) in [6, 6.07) is 5.85. The van der Waals surface area contributed by atoms with Gasteiger partial charge in [-0.05, 0) is 12.1 Å². The minimum Gasteiger partial charge on any atom is -0.282 e. The van der Waals surface area contributed by atoms with E-state index >= 15 is 0 Å². The molecule has 0 spiro atoms. The van der Waals surface area contributed by atoms with E-state index in [9.17, 15) is 8.42 Å². The van der Waals surface area contributed by atoms with Crippen LogP contribution in [0.3, 0.4) is 0 Å². The van der Waals surface area contributed by atoms with Gasteiger partial charge in [0, 0.05) is 0 Å². The molecule has 0 aliphatic carbocycles. The first-order valence-electron chi connectivity index (χ1n) is 3.67. The average molecular weight is 215 g/mol. The van der Waals surface area contributed by atoms with E-state index < -0.39 is 10.1 Å². The van der Waals surface area contributed by atoms with Crippen LogP contribution < -0.4 is 5.43 Å². The number of anilines is 1. The molecule has 1 aromatic rings. The van der Waals surface area contributed by atoms with Crippen molar-refractivity contribution in [3.63, 3.8) is 0 Å². The largest absolute Gasteiger partial charge is 0.296 e. The fraction of sp³-hybridized carbons (Fsp3) is 0.143. The topological polar surface area (TPSA) is 91.1 Å². The Bertz CT molecular complexity index is 441. The van der Waals surface area contributed by atoms with Gasteiger partial charge in [-0.1, -0.05) is 17.4 Å². The summed E-state index contributed by atoms with van der Waals surface area (Å²) in [5.41, 5.74) is 2.57. The first-order chi connectivity index (χ1) is 6.55. The quantitative estimate of drug-likeness (QED) is 0.452. The van der Waals surface area contributed by atoms with Gasteiger partial charge < -0.3 is 0 Å². The molecule has 0 aromatic heterocycles. The second-order valence-corrected chi connectivity index (χ2v) is 3.77. The molecule has 7 heteroatoms. The molecule has 1 rings (SSSR count). The number of para-hydroxylation sites is 1. The highest BCUT2D eigenvalue weighted by Gasteiger charge is 2.13. The van der Waals surface area contributed by atoms with Crippen LogP contribution in [-0.4, -0.2) is 20.0 Å². The lowest BCUT2D eigenvalue weighted by Gasteiger charge is -2.03. The van der Waals surface area contributed by atoms with Crippen LogP contribution in [0.4, 0.5) is 5.69 Å². The van der Waals surface area contributed by atoms with Gasteiger partial charge in [0.1, 0.15) is 4.90 Å². The second kappa shape index (κ2) is 4.16. The molecule has 76 valence electrons. The van der Waals surface area contributed by atoms with Crippen molar-refractivity contribution in [2.24, 2.45) is 10.3 Å². The maximum atomic E-state index is 10.9. The smallest absolute Gasteiger partial charge is 0.282 e. The molecule has 0 atom stereocenters. The molecule has 0 saturated carbocycles. The zero-order valence-electron chi connectivity index (χ0n) is 7.38. The van der Waals surface area contributed by atoms with Gasteiger partial charge in [0.05, 0.1) is 12.7 Å². The standard InChI is InChI=1S/C7H9N3O3S/c1-8-10-9-6-4-2-3-5-7(6)14(11,12)13/h2-5H,1H3,(H,8,9)(H,11,12,13). The van der Waals surface area contributed by atoms with Crippen molar-refractivity contribution in [3.8, 4) is 0 Å². The Morgan fingerprint density at radius 1 is 1.36 bits per heavy atom. The number of benzene rings is 1. The number of hydrogen-bond donors (Lipinski definition) is 2. The molecule has 0 heterocycles. The van der Waals surface area contributed by atoms with Crippen LogP contribution in [0, 0.1) is 0 Å². The SMILES string of the molecule is CN=NNc1ccccc1S(=O)(=O)O. The van der Waals surface area contributed by atoms with Gasteiger partial charge in [-0.2, -0.15) is 13.5 Å². The lowest BCUT2D eigenvalue weighted by molar-refractivity contribution is 0.483. The Labute approximate surface area is 81.4 Å². The maximum absolute atomic E-state index is 10.9. The van der Waals surface area contributed by atoms with Crippen LogP contribution in [0.2, 0.25) is 0 Å². The fourth-order valence-corrected chi connectivity index (χ4v) is 1.53. The molecule has 6 nitrogen and oxygen atoms in total. The van der Waals surface area contributed by atoms with Crippen LogP contribution in [0.15, 0.2) is 39.5 Å². The molecule has 1 aromatic carbocycles. The Balaban J connectivity index is 3.16. The normalized spacial score (nSPS) is 11.9. The Morgan fingerprint density at radius 3 is 2.57 bits per heavy atom. The van der Waals surface area contributed by atoms with Gasteiger partial charge in [-0.25, -0.2) is 0 Å². The highest BCUT2D eigenvalue weighted by Crippen LogP contribution is 2.19. The van der Waals surface area contributed by atoms with Crippen LogP contribution in [-0.2, 0) is 10.1 Å². The summed E-state index contributed by atoms with van der Waals surface area (Å²) in [6.45, 7) is 0. The van der Waals surface area contributed by atoms with Gasteiger partial charge in [-0.3, -0.25) is 9.98 Å². The molecule has 0 unspecified atom stereocenters. The van der Waals surface area contributed by atoms with E-state index in [2.05, 4.69) is 15.8 Å². The van der Waals surface area contributed by atoms with E-state index in [-0.39, 0.29) is 10.6 Å². The monoisotopic (exact) mass is 215 g/mol. The molecule has 2 N–H and O–H groups in total. The Kier molecular flexibility index (Phi) is 3.15. The minimum atomic E-state index is -4.23. The van der Waals surface area contributed by atoms with Crippen LogP contribution in [0.1, 0.15) is 0 Å². The van der Waals surface area contributed by atoms with E-state index in [1.165, 1.54) is 25.2 Å². The van der Waals surface area contributed by atoms with Gasteiger partial charge >= 0.3 is 0 Å². The Morgan fingerprint density at radius 2 is 2.00 bits per heavy atom. The van der Waals surface area contributed by atoms with E-state index in [0.29, 0.717) is 0 Å². The van der Waals surface area contributed by atoms with Crippen molar-refractivity contribution in [2.45, 2.75) is 4.90 Å². The predicted octanol–water partition coefficient (Wildman–Crippen LogP) is 1.34. The average Bonchev–Trinajstić information content (AvgIpc) is 2.14. The zero-order valence-corrected chi connectivity index (χ0v) is 8.19. The lowest BCUT2D eigenvalue weighted by Crippen LogP contribution is -2.02. The second-order valence-electron chi connectivity index (χ2n) is 2.38. The van der Waals surface area contributed by atoms with Gasteiger partial charge in [0.15, 0.2) is 0 Å². The third-order valence-corrected chi connectivity index (χ3v) is 2.35. The van der Waals surface area contributed by atoms with Gasteiger partial charge in [-0.15, -0.1) is 0 Å². The highest BCUT2D eigenvalue weighted by molar-refractivity contribution is 7.86. The van der Waals surface area contributed by atoms with E-state index in [4.69, 9.17) is 4.55 Å². The fourth-order valence-electron chi connectivity index (χ4n) is 0.888. The van der Waals surface area contributed by atoms with Crippen molar-refractivity contribution in [2.75, 3.05) is 12.5 Å². The van der Waals surface area contributed by atoms with E-state index in [0.717, 1.165) is 0 Å². The summed E-state index contributed by atoms with van der Waals surface area (Å²) in [5, 5.41) is 6.81. The molecule has 0 bridgehead atoms. The molecular weight excluding hydrogens is 206 g/mol. The van der Waals surface area contributed by atoms with Crippen molar-refractivity contribution in [3.05, 3.63) is 24.3 Å². The molecule has 0 aliphatic heterocycles. The summed E-state index contributed by atoms with van der Waals surface area (Å²) in [4.78, 5) is -0.229. The summed E-state index contributed by atoms with van der Waals surface area (Å²) < 4.78 is 30.5. The van der Waals surface area contributed by atoms with Crippen molar-refractivity contribution >= 4 is 15.8 Å². The van der Waals surface area contributed by atoms with Crippen molar-refractivity contribution < 1.29 is 13.0 Å². The van der Waals surface area contributed by atoms with Crippen LogP contribution in [0.5, 0.6) is 0 Å². The summed E-state index contributed by atoms with van der Waals surface area (Å²) >= 11 is 0. The Hall–Kier alpha value is -1.47. The molecular formula is C7H9N3O3S. The summed E-state index contributed by atoms with van der Waals surface area (Å²) in [6.07, 6.45) is 0. The molecule has 14 heavy (non-hydrogen) atoms. The van der Waals surface area contributed by atoms with E-state index in [1.54, 1.807) is 6.07 Å². The molecule has 0 saturated heterocycles. The zero-order chi connectivity index (χ0) is 10.6. The molecule has 0 aliphatic rings. The highest BCUT2D eigenvalue weighted by atomic mass is 32.2. The lowest BCUT2D eigenvalue weighted by atomic mass is 10.3. The molecule has 0 amide bonds. The first-order valence-corrected chi connectivity index (χ1v) is 5.11. The third-order valence-electron chi connectivity index (χ3n) is 1.44. The molecule has 0 radical (unpaired) electrons.